The standard InChI is InChI=1S/C26H31N3O4/c1-3-26(27,4-2)16-17-29(25(31)21-14-12-20(13-15-21)24(30)28-32)33-18-22-10-7-9-19-8-5-6-11-23(19)22/h5-15,32H,3-4,16-18,27H2,1-2H3,(H,28,30). The second kappa shape index (κ2) is 11.0. The van der Waals surface area contributed by atoms with E-state index in [0.717, 1.165) is 29.2 Å². The van der Waals surface area contributed by atoms with Crippen LogP contribution in [0, 0.1) is 0 Å². The number of carbonyl (C=O) groups is 2. The quantitative estimate of drug-likeness (QED) is 0.313. The number of nitrogens with one attached hydrogen (secondary N) is 1. The second-order valence-corrected chi connectivity index (χ2v) is 8.16. The molecular weight excluding hydrogens is 418 g/mol. The lowest BCUT2D eigenvalue weighted by atomic mass is 9.90. The van der Waals surface area contributed by atoms with Crippen LogP contribution in [-0.4, -0.2) is 34.2 Å². The number of benzene rings is 3. The van der Waals surface area contributed by atoms with Gasteiger partial charge in [-0.2, -0.15) is 0 Å². The third-order valence-corrected chi connectivity index (χ3v) is 6.20. The molecule has 0 saturated heterocycles. The fourth-order valence-electron chi connectivity index (χ4n) is 3.69. The zero-order chi connectivity index (χ0) is 23.8. The zero-order valence-corrected chi connectivity index (χ0v) is 19.1. The van der Waals surface area contributed by atoms with Crippen LogP contribution in [0.2, 0.25) is 0 Å². The summed E-state index contributed by atoms with van der Waals surface area (Å²) in [5, 5.41) is 12.3. The first kappa shape index (κ1) is 24.4. The van der Waals surface area contributed by atoms with Crippen LogP contribution in [0.25, 0.3) is 10.8 Å². The molecule has 2 amide bonds. The predicted octanol–water partition coefficient (Wildman–Crippen LogP) is 4.44. The van der Waals surface area contributed by atoms with E-state index >= 15 is 0 Å². The lowest BCUT2D eigenvalue weighted by Crippen LogP contribution is -2.43. The fourth-order valence-corrected chi connectivity index (χ4v) is 3.69. The van der Waals surface area contributed by atoms with Gasteiger partial charge in [0.15, 0.2) is 0 Å². The maximum Gasteiger partial charge on any atom is 0.277 e. The van der Waals surface area contributed by atoms with E-state index < -0.39 is 5.91 Å². The Bertz CT molecular complexity index is 1090. The Morgan fingerprint density at radius 2 is 1.61 bits per heavy atom. The van der Waals surface area contributed by atoms with Gasteiger partial charge < -0.3 is 5.73 Å². The Hall–Kier alpha value is -3.26. The summed E-state index contributed by atoms with van der Waals surface area (Å²) in [4.78, 5) is 30.9. The van der Waals surface area contributed by atoms with Crippen LogP contribution in [0.4, 0.5) is 0 Å². The Morgan fingerprint density at radius 3 is 2.27 bits per heavy atom. The van der Waals surface area contributed by atoms with E-state index in [4.69, 9.17) is 15.8 Å². The van der Waals surface area contributed by atoms with Crippen LogP contribution in [-0.2, 0) is 11.4 Å². The molecule has 0 saturated carbocycles. The molecule has 0 aliphatic rings. The third kappa shape index (κ3) is 5.96. The van der Waals surface area contributed by atoms with Gasteiger partial charge in [0.2, 0.25) is 0 Å². The van der Waals surface area contributed by atoms with Gasteiger partial charge in [0.05, 0.1) is 6.54 Å². The number of hydrogen-bond acceptors (Lipinski definition) is 5. The molecule has 3 aromatic carbocycles. The van der Waals surface area contributed by atoms with Gasteiger partial charge in [-0.15, -0.1) is 0 Å². The minimum absolute atomic E-state index is 0.230. The largest absolute Gasteiger partial charge is 0.325 e. The highest BCUT2D eigenvalue weighted by molar-refractivity contribution is 5.97. The molecule has 3 rings (SSSR count). The van der Waals surface area contributed by atoms with Crippen molar-refractivity contribution in [3.05, 3.63) is 83.4 Å². The Morgan fingerprint density at radius 1 is 0.970 bits per heavy atom. The topological polar surface area (TPSA) is 105 Å². The van der Waals surface area contributed by atoms with E-state index in [1.807, 2.05) is 56.3 Å². The summed E-state index contributed by atoms with van der Waals surface area (Å²) in [7, 11) is 0. The maximum atomic E-state index is 13.3. The molecule has 0 aliphatic carbocycles. The van der Waals surface area contributed by atoms with Gasteiger partial charge in [-0.1, -0.05) is 56.3 Å². The monoisotopic (exact) mass is 449 g/mol. The molecule has 7 nitrogen and oxygen atoms in total. The van der Waals surface area contributed by atoms with E-state index in [1.54, 1.807) is 5.48 Å². The number of nitrogens with zero attached hydrogens (tertiary/aromatic N) is 1. The number of fused-ring (bicyclic) bond motifs is 1. The van der Waals surface area contributed by atoms with Gasteiger partial charge >= 0.3 is 0 Å². The van der Waals surface area contributed by atoms with Crippen LogP contribution < -0.4 is 11.2 Å². The molecule has 0 atom stereocenters. The number of hydrogen-bond donors (Lipinski definition) is 3. The van der Waals surface area contributed by atoms with Crippen LogP contribution in [0.1, 0.15) is 59.4 Å². The Balaban J connectivity index is 1.82. The first-order chi connectivity index (χ1) is 15.9. The maximum absolute atomic E-state index is 13.3. The molecule has 0 unspecified atom stereocenters. The highest BCUT2D eigenvalue weighted by Gasteiger charge is 2.25. The summed E-state index contributed by atoms with van der Waals surface area (Å²) in [5.74, 6) is -0.961. The third-order valence-electron chi connectivity index (χ3n) is 6.20. The van der Waals surface area contributed by atoms with Crippen molar-refractivity contribution in [1.82, 2.24) is 10.5 Å². The molecule has 4 N–H and O–H groups in total. The SMILES string of the molecule is CCC(N)(CC)CCN(OCc1cccc2ccccc12)C(=O)c1ccc(C(=O)NO)cc1. The molecule has 0 aromatic heterocycles. The molecule has 174 valence electrons. The molecular formula is C26H31N3O4. The number of rotatable bonds is 10. The van der Waals surface area contributed by atoms with E-state index in [1.165, 1.54) is 29.3 Å². The van der Waals surface area contributed by atoms with Crippen molar-refractivity contribution in [1.29, 1.82) is 0 Å². The minimum atomic E-state index is -0.642. The fraction of sp³-hybridized carbons (Fsp3) is 0.308. The van der Waals surface area contributed by atoms with Gasteiger partial charge in [0, 0.05) is 16.7 Å². The molecule has 0 heterocycles. The van der Waals surface area contributed by atoms with Crippen molar-refractivity contribution >= 4 is 22.6 Å². The average Bonchev–Trinajstić information content (AvgIpc) is 2.87. The van der Waals surface area contributed by atoms with Crippen molar-refractivity contribution in [2.24, 2.45) is 5.73 Å². The van der Waals surface area contributed by atoms with Gasteiger partial charge in [0.1, 0.15) is 6.61 Å². The highest BCUT2D eigenvalue weighted by Crippen LogP contribution is 2.22. The van der Waals surface area contributed by atoms with Gasteiger partial charge in [0.25, 0.3) is 11.8 Å². The smallest absolute Gasteiger partial charge is 0.277 e. The van der Waals surface area contributed by atoms with Gasteiger partial charge in [-0.05, 0) is 59.9 Å². The summed E-state index contributed by atoms with van der Waals surface area (Å²) < 4.78 is 0. The number of carbonyl (C=O) groups excluding carboxylic acids is 2. The van der Waals surface area contributed by atoms with Gasteiger partial charge in [-0.25, -0.2) is 10.5 Å². The Labute approximate surface area is 194 Å². The molecule has 7 heteroatoms. The van der Waals surface area contributed by atoms with Crippen molar-refractivity contribution in [2.75, 3.05) is 6.54 Å². The lowest BCUT2D eigenvalue weighted by Gasteiger charge is -2.30. The van der Waals surface area contributed by atoms with Crippen molar-refractivity contribution in [2.45, 2.75) is 45.3 Å². The molecule has 0 aliphatic heterocycles. The van der Waals surface area contributed by atoms with Crippen LogP contribution >= 0.6 is 0 Å². The normalized spacial score (nSPS) is 11.4. The number of nitrogens with two attached hydrogens (primary N) is 1. The summed E-state index contributed by atoms with van der Waals surface area (Å²) in [6, 6.07) is 20.1. The minimum Gasteiger partial charge on any atom is -0.325 e. The summed E-state index contributed by atoms with van der Waals surface area (Å²) >= 11 is 0. The van der Waals surface area contributed by atoms with Crippen molar-refractivity contribution < 1.29 is 19.6 Å². The molecule has 0 spiro atoms. The first-order valence-corrected chi connectivity index (χ1v) is 11.2. The molecule has 3 aromatic rings. The zero-order valence-electron chi connectivity index (χ0n) is 19.1. The van der Waals surface area contributed by atoms with E-state index in [2.05, 4.69) is 0 Å². The summed E-state index contributed by atoms with van der Waals surface area (Å²) in [5.41, 5.74) is 9.27. The van der Waals surface area contributed by atoms with Crippen LogP contribution in [0.3, 0.4) is 0 Å². The first-order valence-electron chi connectivity index (χ1n) is 11.2. The van der Waals surface area contributed by atoms with Crippen LogP contribution in [0.15, 0.2) is 66.7 Å². The molecule has 33 heavy (non-hydrogen) atoms. The van der Waals surface area contributed by atoms with Gasteiger partial charge in [-0.3, -0.25) is 19.6 Å². The molecule has 0 fully saturated rings. The Kier molecular flexibility index (Phi) is 8.16. The number of hydroxylamine groups is 3. The van der Waals surface area contributed by atoms with Crippen LogP contribution in [0.5, 0.6) is 0 Å². The van der Waals surface area contributed by atoms with E-state index in [-0.39, 0.29) is 23.6 Å². The molecule has 0 bridgehead atoms. The van der Waals surface area contributed by atoms with Crippen molar-refractivity contribution in [3.8, 4) is 0 Å². The van der Waals surface area contributed by atoms with Crippen molar-refractivity contribution in [3.63, 3.8) is 0 Å². The molecule has 0 radical (unpaired) electrons. The average molecular weight is 450 g/mol. The predicted molar refractivity (Wildman–Crippen MR) is 128 cm³/mol. The number of amides is 2. The van der Waals surface area contributed by atoms with E-state index in [9.17, 15) is 9.59 Å². The summed E-state index contributed by atoms with van der Waals surface area (Å²) in [6.45, 7) is 4.64. The highest BCUT2D eigenvalue weighted by atomic mass is 16.7. The lowest BCUT2D eigenvalue weighted by molar-refractivity contribution is -0.135. The van der Waals surface area contributed by atoms with E-state index in [0.29, 0.717) is 18.5 Å². The summed E-state index contributed by atoms with van der Waals surface area (Å²) in [6.07, 6.45) is 2.17. The second-order valence-electron chi connectivity index (χ2n) is 8.16.